The van der Waals surface area contributed by atoms with Crippen molar-refractivity contribution in [2.45, 2.75) is 26.1 Å². The third kappa shape index (κ3) is 4.19. The Labute approximate surface area is 176 Å². The minimum Gasteiger partial charge on any atom is -0.283 e. The number of nitrogens with zero attached hydrogens (tertiary/aromatic N) is 4. The van der Waals surface area contributed by atoms with Crippen LogP contribution in [0.5, 0.6) is 0 Å². The molecule has 152 valence electrons. The van der Waals surface area contributed by atoms with E-state index in [9.17, 15) is 8.42 Å². The summed E-state index contributed by atoms with van der Waals surface area (Å²) in [7, 11) is -1.01. The largest absolute Gasteiger partial charge is 0.283 e. The monoisotopic (exact) mass is 428 g/mol. The molecule has 2 heterocycles. The lowest BCUT2D eigenvalue weighted by Crippen LogP contribution is -2.34. The second kappa shape index (κ2) is 7.85. The third-order valence-corrected chi connectivity index (χ3v) is 7.50. The summed E-state index contributed by atoms with van der Waals surface area (Å²) in [4.78, 5) is 2.03. The molecule has 1 aromatic heterocycles. The zero-order valence-corrected chi connectivity index (χ0v) is 18.2. The molecule has 6 nitrogen and oxygen atoms in total. The van der Waals surface area contributed by atoms with Crippen LogP contribution < -0.4 is 0 Å². The molecule has 29 heavy (non-hydrogen) atoms. The summed E-state index contributed by atoms with van der Waals surface area (Å²) in [5.41, 5.74) is 3.11. The van der Waals surface area contributed by atoms with Gasteiger partial charge in [-0.15, -0.1) is 5.10 Å². The molecule has 1 fully saturated rings. The van der Waals surface area contributed by atoms with Gasteiger partial charge in [0.1, 0.15) is 0 Å². The van der Waals surface area contributed by atoms with Crippen LogP contribution >= 0.6 is 12.2 Å². The first-order valence-corrected chi connectivity index (χ1v) is 11.8. The van der Waals surface area contributed by atoms with Crippen LogP contribution in [0.15, 0.2) is 54.6 Å². The van der Waals surface area contributed by atoms with Crippen molar-refractivity contribution in [3.05, 3.63) is 64.9 Å². The number of rotatable bonds is 5. The van der Waals surface area contributed by atoms with E-state index in [-0.39, 0.29) is 17.5 Å². The maximum atomic E-state index is 11.8. The van der Waals surface area contributed by atoms with Crippen LogP contribution in [-0.4, -0.2) is 52.3 Å². The smallest absolute Gasteiger partial charge is 0.204 e. The highest BCUT2D eigenvalue weighted by molar-refractivity contribution is 7.91. The fourth-order valence-electron chi connectivity index (χ4n) is 3.65. The molecule has 1 aliphatic rings. The van der Waals surface area contributed by atoms with Crippen LogP contribution in [0.1, 0.15) is 12.0 Å². The summed E-state index contributed by atoms with van der Waals surface area (Å²) in [5.74, 6) is 1.22. The van der Waals surface area contributed by atoms with Gasteiger partial charge < -0.3 is 0 Å². The van der Waals surface area contributed by atoms with Crippen LogP contribution in [-0.2, 0) is 16.5 Å². The van der Waals surface area contributed by atoms with Crippen molar-refractivity contribution < 1.29 is 8.42 Å². The maximum absolute atomic E-state index is 11.8. The zero-order valence-electron chi connectivity index (χ0n) is 16.5. The molecule has 0 radical (unpaired) electrons. The summed E-state index contributed by atoms with van der Waals surface area (Å²) in [6.45, 7) is 2.49. The van der Waals surface area contributed by atoms with E-state index in [1.54, 1.807) is 4.68 Å². The van der Waals surface area contributed by atoms with Gasteiger partial charge in [0.25, 0.3) is 0 Å². The summed E-state index contributed by atoms with van der Waals surface area (Å²) in [5, 5.41) is 4.81. The minimum atomic E-state index is -2.94. The highest BCUT2D eigenvalue weighted by Crippen LogP contribution is 2.24. The van der Waals surface area contributed by atoms with Gasteiger partial charge in [-0.3, -0.25) is 9.47 Å². The minimum absolute atomic E-state index is 0.00778. The first-order valence-electron chi connectivity index (χ1n) is 9.57. The molecule has 1 aliphatic heterocycles. The average Bonchev–Trinajstić information content (AvgIpc) is 3.23. The van der Waals surface area contributed by atoms with Gasteiger partial charge >= 0.3 is 0 Å². The lowest BCUT2D eigenvalue weighted by Gasteiger charge is -2.22. The Hall–Kier alpha value is -2.29. The molecule has 1 unspecified atom stereocenters. The Morgan fingerprint density at radius 3 is 2.45 bits per heavy atom. The number of aromatic nitrogens is 3. The molecule has 0 amide bonds. The van der Waals surface area contributed by atoms with Gasteiger partial charge in [0, 0.05) is 17.3 Å². The lowest BCUT2D eigenvalue weighted by molar-refractivity contribution is 0.196. The van der Waals surface area contributed by atoms with Crippen LogP contribution in [0.4, 0.5) is 0 Å². The predicted molar refractivity (Wildman–Crippen MR) is 117 cm³/mol. The SMILES string of the molecule is Cc1ccc(-n2c(-c3ccccc3)nn(CN(C)C3CCS(=O)(=O)C3)c2=S)cc1. The van der Waals surface area contributed by atoms with E-state index in [0.29, 0.717) is 17.9 Å². The summed E-state index contributed by atoms with van der Waals surface area (Å²) in [6, 6.07) is 18.1. The van der Waals surface area contributed by atoms with Crippen molar-refractivity contribution in [3.8, 4) is 17.1 Å². The highest BCUT2D eigenvalue weighted by atomic mass is 32.2. The average molecular weight is 429 g/mol. The van der Waals surface area contributed by atoms with Crippen molar-refractivity contribution in [1.82, 2.24) is 19.2 Å². The Morgan fingerprint density at radius 1 is 1.14 bits per heavy atom. The quantitative estimate of drug-likeness (QED) is 0.583. The Kier molecular flexibility index (Phi) is 5.42. The Morgan fingerprint density at radius 2 is 1.83 bits per heavy atom. The molecule has 4 rings (SSSR count). The molecule has 1 atom stereocenters. The molecule has 0 bridgehead atoms. The number of hydrogen-bond donors (Lipinski definition) is 0. The second-order valence-electron chi connectivity index (χ2n) is 7.60. The van der Waals surface area contributed by atoms with E-state index < -0.39 is 9.84 Å². The van der Waals surface area contributed by atoms with Gasteiger partial charge in [-0.2, -0.15) is 0 Å². The molecule has 8 heteroatoms. The van der Waals surface area contributed by atoms with Crippen molar-refractivity contribution in [3.63, 3.8) is 0 Å². The molecular formula is C21H24N4O2S2. The van der Waals surface area contributed by atoms with Crippen LogP contribution in [0.2, 0.25) is 0 Å². The fourth-order valence-corrected chi connectivity index (χ4v) is 5.75. The zero-order chi connectivity index (χ0) is 20.6. The number of aryl methyl sites for hydroxylation is 1. The first-order chi connectivity index (χ1) is 13.8. The standard InChI is InChI=1S/C21H24N4O2S2/c1-16-8-10-18(11-9-16)25-20(17-6-4-3-5-7-17)22-24(21(25)28)15-23(2)19-12-13-29(26,27)14-19/h3-11,19H,12-15H2,1-2H3. The second-order valence-corrected chi connectivity index (χ2v) is 10.2. The van der Waals surface area contributed by atoms with Gasteiger partial charge in [-0.1, -0.05) is 48.0 Å². The summed E-state index contributed by atoms with van der Waals surface area (Å²) < 4.78 is 28.0. The molecule has 0 saturated carbocycles. The van der Waals surface area contributed by atoms with Gasteiger partial charge in [0.05, 0.1) is 18.2 Å². The first kappa shape index (κ1) is 20.0. The van der Waals surface area contributed by atoms with Crippen molar-refractivity contribution in [2.75, 3.05) is 18.6 Å². The third-order valence-electron chi connectivity index (χ3n) is 5.35. The van der Waals surface area contributed by atoms with E-state index in [0.717, 1.165) is 17.1 Å². The number of hydrogen-bond acceptors (Lipinski definition) is 5. The van der Waals surface area contributed by atoms with E-state index >= 15 is 0 Å². The normalized spacial score (nSPS) is 18.4. The van der Waals surface area contributed by atoms with E-state index in [4.69, 9.17) is 17.3 Å². The lowest BCUT2D eigenvalue weighted by atomic mass is 10.2. The number of sulfone groups is 1. The van der Waals surface area contributed by atoms with Crippen molar-refractivity contribution >= 4 is 22.1 Å². The van der Waals surface area contributed by atoms with Crippen LogP contribution in [0.3, 0.4) is 0 Å². The Balaban J connectivity index is 1.74. The summed E-state index contributed by atoms with van der Waals surface area (Å²) in [6.07, 6.45) is 0.649. The fraction of sp³-hybridized carbons (Fsp3) is 0.333. The van der Waals surface area contributed by atoms with E-state index in [1.165, 1.54) is 5.56 Å². The van der Waals surface area contributed by atoms with E-state index in [2.05, 4.69) is 19.1 Å². The summed E-state index contributed by atoms with van der Waals surface area (Å²) >= 11 is 5.78. The Bertz CT molecular complexity index is 1170. The van der Waals surface area contributed by atoms with Crippen molar-refractivity contribution in [2.24, 2.45) is 0 Å². The number of benzene rings is 2. The van der Waals surface area contributed by atoms with E-state index in [1.807, 2.05) is 59.0 Å². The molecule has 0 spiro atoms. The van der Waals surface area contributed by atoms with Gasteiger partial charge in [-0.05, 0) is 44.7 Å². The van der Waals surface area contributed by atoms with Crippen molar-refractivity contribution in [1.29, 1.82) is 0 Å². The molecule has 3 aromatic rings. The molecule has 0 N–H and O–H groups in total. The predicted octanol–water partition coefficient (Wildman–Crippen LogP) is 3.46. The van der Waals surface area contributed by atoms with Crippen LogP contribution in [0.25, 0.3) is 17.1 Å². The highest BCUT2D eigenvalue weighted by Gasteiger charge is 2.31. The van der Waals surface area contributed by atoms with Crippen LogP contribution in [0, 0.1) is 11.7 Å². The van der Waals surface area contributed by atoms with Gasteiger partial charge in [-0.25, -0.2) is 13.1 Å². The topological polar surface area (TPSA) is 60.1 Å². The molecule has 1 saturated heterocycles. The molecule has 2 aromatic carbocycles. The molecular weight excluding hydrogens is 404 g/mol. The molecule has 0 aliphatic carbocycles. The van der Waals surface area contributed by atoms with Gasteiger partial charge in [0.2, 0.25) is 4.77 Å². The van der Waals surface area contributed by atoms with Gasteiger partial charge in [0.15, 0.2) is 15.7 Å². The maximum Gasteiger partial charge on any atom is 0.204 e.